The summed E-state index contributed by atoms with van der Waals surface area (Å²) >= 11 is 0. The van der Waals surface area contributed by atoms with Crippen LogP contribution in [0.5, 0.6) is 11.5 Å². The Hall–Kier alpha value is -2.93. The summed E-state index contributed by atoms with van der Waals surface area (Å²) in [5, 5.41) is 22.8. The van der Waals surface area contributed by atoms with E-state index in [4.69, 9.17) is 14.2 Å². The molecule has 1 atom stereocenters. The van der Waals surface area contributed by atoms with Crippen molar-refractivity contribution < 1.29 is 32.7 Å². The molecule has 2 aliphatic rings. The summed E-state index contributed by atoms with van der Waals surface area (Å²) in [7, 11) is -0.899. The van der Waals surface area contributed by atoms with E-state index in [0.29, 0.717) is 22.6 Å². The standard InChI is InChI=1S/C21H25N3O8S/c1-30-19-5-6-20(31-2)21-15(19)12-22(13-18(21)25)16-4-3-14(11-17(16)24(26)27)33(28,29)23-7-9-32-10-8-23/h3-6,11,18,25H,7-10,12-13H2,1-2H3. The van der Waals surface area contributed by atoms with Crippen molar-refractivity contribution in [2.75, 3.05) is 52.0 Å². The number of β-amino-alcohol motifs (C(OH)–C–C–N with tert-alkyl or cyclic N) is 1. The number of hydrogen-bond acceptors (Lipinski definition) is 9. The number of methoxy groups -OCH3 is 2. The van der Waals surface area contributed by atoms with Gasteiger partial charge in [0.1, 0.15) is 23.3 Å². The molecule has 33 heavy (non-hydrogen) atoms. The largest absolute Gasteiger partial charge is 0.496 e. The Kier molecular flexibility index (Phi) is 6.43. The molecule has 0 aliphatic carbocycles. The van der Waals surface area contributed by atoms with Gasteiger partial charge >= 0.3 is 0 Å². The van der Waals surface area contributed by atoms with Crippen LogP contribution in [-0.4, -0.2) is 69.8 Å². The Morgan fingerprint density at radius 2 is 1.79 bits per heavy atom. The van der Waals surface area contributed by atoms with Crippen molar-refractivity contribution in [1.29, 1.82) is 0 Å². The number of aliphatic hydroxyl groups excluding tert-OH is 1. The summed E-state index contributed by atoms with van der Waals surface area (Å²) < 4.78 is 43.2. The fourth-order valence-corrected chi connectivity index (χ4v) is 5.70. The normalized spacial score (nSPS) is 19.1. The lowest BCUT2D eigenvalue weighted by molar-refractivity contribution is -0.384. The van der Waals surface area contributed by atoms with Crippen molar-refractivity contribution in [1.82, 2.24) is 4.31 Å². The minimum Gasteiger partial charge on any atom is -0.496 e. The van der Waals surface area contributed by atoms with Gasteiger partial charge in [0.15, 0.2) is 0 Å². The Balaban J connectivity index is 1.74. The molecule has 4 rings (SSSR count). The minimum absolute atomic E-state index is 0.0624. The highest BCUT2D eigenvalue weighted by molar-refractivity contribution is 7.89. The third-order valence-electron chi connectivity index (χ3n) is 5.88. The predicted octanol–water partition coefficient (Wildman–Crippen LogP) is 1.69. The molecule has 12 heteroatoms. The molecule has 0 saturated carbocycles. The highest BCUT2D eigenvalue weighted by Gasteiger charge is 2.34. The van der Waals surface area contributed by atoms with Gasteiger partial charge in [0.2, 0.25) is 10.0 Å². The van der Waals surface area contributed by atoms with Crippen molar-refractivity contribution in [3.63, 3.8) is 0 Å². The number of hydrogen-bond donors (Lipinski definition) is 1. The van der Waals surface area contributed by atoms with Crippen LogP contribution < -0.4 is 14.4 Å². The van der Waals surface area contributed by atoms with E-state index in [0.717, 1.165) is 6.07 Å². The van der Waals surface area contributed by atoms with Gasteiger partial charge in [0.05, 0.1) is 37.3 Å². The highest BCUT2D eigenvalue weighted by atomic mass is 32.2. The van der Waals surface area contributed by atoms with Crippen LogP contribution in [0.1, 0.15) is 17.2 Å². The molecule has 0 aromatic heterocycles. The summed E-state index contributed by atoms with van der Waals surface area (Å²) in [6, 6.07) is 7.25. The number of fused-ring (bicyclic) bond motifs is 1. The fourth-order valence-electron chi connectivity index (χ4n) is 4.27. The zero-order chi connectivity index (χ0) is 23.8. The molecule has 2 aromatic rings. The Labute approximate surface area is 191 Å². The number of benzene rings is 2. The second kappa shape index (κ2) is 9.14. The number of nitro groups is 1. The quantitative estimate of drug-likeness (QED) is 0.485. The van der Waals surface area contributed by atoms with Gasteiger partial charge in [-0.3, -0.25) is 10.1 Å². The fraction of sp³-hybridized carbons (Fsp3) is 0.429. The van der Waals surface area contributed by atoms with Crippen LogP contribution in [-0.2, 0) is 21.3 Å². The van der Waals surface area contributed by atoms with Gasteiger partial charge in [-0.25, -0.2) is 8.42 Å². The van der Waals surface area contributed by atoms with E-state index in [1.807, 2.05) is 0 Å². The van der Waals surface area contributed by atoms with Crippen molar-refractivity contribution in [2.24, 2.45) is 0 Å². The maximum atomic E-state index is 13.0. The average Bonchev–Trinajstić information content (AvgIpc) is 2.83. The van der Waals surface area contributed by atoms with E-state index in [1.165, 1.54) is 30.7 Å². The van der Waals surface area contributed by atoms with Gasteiger partial charge in [0, 0.05) is 43.4 Å². The van der Waals surface area contributed by atoms with E-state index >= 15 is 0 Å². The third kappa shape index (κ3) is 4.22. The number of nitro benzene ring substituents is 1. The molecule has 2 aromatic carbocycles. The minimum atomic E-state index is -3.90. The topological polar surface area (TPSA) is 132 Å². The first-order valence-electron chi connectivity index (χ1n) is 10.3. The number of ether oxygens (including phenoxy) is 3. The first kappa shape index (κ1) is 23.2. The van der Waals surface area contributed by atoms with Crippen molar-refractivity contribution in [2.45, 2.75) is 17.5 Å². The SMILES string of the molecule is COc1ccc(OC)c2c1CN(c1ccc(S(=O)(=O)N3CCOCC3)cc1[N+](=O)[O-])CC2O. The van der Waals surface area contributed by atoms with Crippen molar-refractivity contribution in [3.05, 3.63) is 51.6 Å². The summed E-state index contributed by atoms with van der Waals surface area (Å²) in [6.45, 7) is 1.20. The molecule has 178 valence electrons. The first-order chi connectivity index (χ1) is 15.8. The Morgan fingerprint density at radius 3 is 2.42 bits per heavy atom. The van der Waals surface area contributed by atoms with Gasteiger partial charge in [0.25, 0.3) is 5.69 Å². The molecule has 1 saturated heterocycles. The average molecular weight is 480 g/mol. The van der Waals surface area contributed by atoms with Gasteiger partial charge < -0.3 is 24.2 Å². The van der Waals surface area contributed by atoms with Crippen LogP contribution >= 0.6 is 0 Å². The second-order valence-electron chi connectivity index (χ2n) is 7.68. The number of sulfonamides is 1. The lowest BCUT2D eigenvalue weighted by atomic mass is 9.94. The monoisotopic (exact) mass is 479 g/mol. The number of rotatable bonds is 6. The van der Waals surface area contributed by atoms with Gasteiger partial charge in [-0.1, -0.05) is 0 Å². The van der Waals surface area contributed by atoms with Gasteiger partial charge in [-0.2, -0.15) is 4.31 Å². The molecule has 1 N–H and O–H groups in total. The van der Waals surface area contributed by atoms with Gasteiger partial charge in [-0.15, -0.1) is 0 Å². The van der Waals surface area contributed by atoms with Crippen LogP contribution in [0.15, 0.2) is 35.2 Å². The molecule has 2 heterocycles. The van der Waals surface area contributed by atoms with E-state index in [1.54, 1.807) is 17.0 Å². The summed E-state index contributed by atoms with van der Waals surface area (Å²) in [5.41, 5.74) is 1.06. The number of morpholine rings is 1. The molecule has 0 radical (unpaired) electrons. The number of aliphatic hydroxyl groups is 1. The van der Waals surface area contributed by atoms with Gasteiger partial charge in [-0.05, 0) is 24.3 Å². The maximum absolute atomic E-state index is 13.0. The predicted molar refractivity (Wildman–Crippen MR) is 118 cm³/mol. The van der Waals surface area contributed by atoms with E-state index in [-0.39, 0.29) is 55.7 Å². The zero-order valence-electron chi connectivity index (χ0n) is 18.3. The number of nitrogens with zero attached hydrogens (tertiary/aromatic N) is 3. The molecule has 0 spiro atoms. The second-order valence-corrected chi connectivity index (χ2v) is 9.62. The molecule has 1 fully saturated rings. The van der Waals surface area contributed by atoms with E-state index < -0.39 is 21.1 Å². The highest BCUT2D eigenvalue weighted by Crippen LogP contribution is 2.42. The van der Waals surface area contributed by atoms with Crippen LogP contribution in [0.4, 0.5) is 11.4 Å². The van der Waals surface area contributed by atoms with Crippen LogP contribution in [0, 0.1) is 10.1 Å². The summed E-state index contributed by atoms with van der Waals surface area (Å²) in [4.78, 5) is 12.8. The van der Waals surface area contributed by atoms with Crippen LogP contribution in [0.25, 0.3) is 0 Å². The number of anilines is 1. The zero-order valence-corrected chi connectivity index (χ0v) is 19.1. The molecule has 0 amide bonds. The summed E-state index contributed by atoms with van der Waals surface area (Å²) in [5.74, 6) is 1.02. The molecule has 0 bridgehead atoms. The molecule has 11 nitrogen and oxygen atoms in total. The molecule has 1 unspecified atom stereocenters. The van der Waals surface area contributed by atoms with Crippen LogP contribution in [0.3, 0.4) is 0 Å². The summed E-state index contributed by atoms with van der Waals surface area (Å²) in [6.07, 6.45) is -0.991. The molecular weight excluding hydrogens is 454 g/mol. The lowest BCUT2D eigenvalue weighted by Crippen LogP contribution is -2.40. The lowest BCUT2D eigenvalue weighted by Gasteiger charge is -2.35. The van der Waals surface area contributed by atoms with E-state index in [2.05, 4.69) is 0 Å². The van der Waals surface area contributed by atoms with Crippen molar-refractivity contribution in [3.8, 4) is 11.5 Å². The van der Waals surface area contributed by atoms with E-state index in [9.17, 15) is 23.6 Å². The Morgan fingerprint density at radius 1 is 1.12 bits per heavy atom. The van der Waals surface area contributed by atoms with Crippen LogP contribution in [0.2, 0.25) is 0 Å². The maximum Gasteiger partial charge on any atom is 0.293 e. The smallest absolute Gasteiger partial charge is 0.293 e. The molecule has 2 aliphatic heterocycles. The molecular formula is C21H25N3O8S. The first-order valence-corrected chi connectivity index (χ1v) is 11.7. The van der Waals surface area contributed by atoms with Crippen molar-refractivity contribution >= 4 is 21.4 Å². The third-order valence-corrected chi connectivity index (χ3v) is 7.78. The Bertz CT molecular complexity index is 1160.